The molecule has 1 fully saturated rings. The molecule has 0 aromatic carbocycles. The first kappa shape index (κ1) is 16.0. The van der Waals surface area contributed by atoms with E-state index in [0.29, 0.717) is 13.1 Å². The summed E-state index contributed by atoms with van der Waals surface area (Å²) >= 11 is 0. The molecule has 0 bridgehead atoms. The van der Waals surface area contributed by atoms with Gasteiger partial charge in [0.05, 0.1) is 12.4 Å². The molecule has 2 heterocycles. The van der Waals surface area contributed by atoms with Crippen LogP contribution in [0, 0.1) is 0 Å². The summed E-state index contributed by atoms with van der Waals surface area (Å²) in [6.45, 7) is 6.68. The Morgan fingerprint density at radius 3 is 2.43 bits per heavy atom. The van der Waals surface area contributed by atoms with Crippen molar-refractivity contribution in [3.05, 3.63) is 12.4 Å². The Kier molecular flexibility index (Phi) is 4.41. The Morgan fingerprint density at radius 1 is 1.33 bits per heavy atom. The van der Waals surface area contributed by atoms with Gasteiger partial charge in [-0.1, -0.05) is 0 Å². The van der Waals surface area contributed by atoms with Gasteiger partial charge in [-0.25, -0.2) is 0 Å². The van der Waals surface area contributed by atoms with Crippen molar-refractivity contribution in [1.29, 1.82) is 0 Å². The molecule has 116 valence electrons. The highest BCUT2D eigenvalue weighted by molar-refractivity contribution is 6.58. The third kappa shape index (κ3) is 3.45. The Bertz CT molecular complexity index is 504. The summed E-state index contributed by atoms with van der Waals surface area (Å²) in [5, 5.41) is 22.6. The zero-order chi connectivity index (χ0) is 15.7. The SMILES string of the molecule is CC(C)(C)OC(=O)[N+]1(n2cc(B(O)O)cn2)CCCCC1. The molecule has 0 unspecified atom stereocenters. The molecule has 7 nitrogen and oxygen atoms in total. The van der Waals surface area contributed by atoms with E-state index in [2.05, 4.69) is 5.10 Å². The van der Waals surface area contributed by atoms with E-state index < -0.39 is 12.7 Å². The molecule has 2 rings (SSSR count). The maximum absolute atomic E-state index is 12.7. The molecule has 8 heteroatoms. The number of hydrogen-bond acceptors (Lipinski definition) is 5. The largest absolute Gasteiger partial charge is 0.543 e. The minimum absolute atomic E-state index is 0.0516. The summed E-state index contributed by atoms with van der Waals surface area (Å²) in [7, 11) is -1.60. The molecule has 0 saturated carbocycles. The zero-order valence-corrected chi connectivity index (χ0v) is 12.8. The van der Waals surface area contributed by atoms with E-state index in [4.69, 9.17) is 4.74 Å². The number of ether oxygens (including phenoxy) is 1. The van der Waals surface area contributed by atoms with Gasteiger partial charge in [-0.15, -0.1) is 14.5 Å². The first-order valence-electron chi connectivity index (χ1n) is 7.27. The molecule has 1 aliphatic heterocycles. The molecule has 0 atom stereocenters. The standard InChI is InChI=1S/C13H23BN3O4/c1-13(2,3)21-12(18)17(7-5-4-6-8-17)16-10-11(9-15-16)14(19)20/h9-10,19-20H,4-8H2,1-3H3/q+1. The van der Waals surface area contributed by atoms with Crippen molar-refractivity contribution < 1.29 is 19.6 Å². The summed E-state index contributed by atoms with van der Waals surface area (Å²) in [6, 6.07) is 0. The van der Waals surface area contributed by atoms with Gasteiger partial charge in [0.15, 0.2) is 0 Å². The predicted octanol–water partition coefficient (Wildman–Crippen LogP) is 0.121. The smallest absolute Gasteiger partial charge is 0.423 e. The van der Waals surface area contributed by atoms with E-state index in [9.17, 15) is 14.8 Å². The van der Waals surface area contributed by atoms with Crippen LogP contribution in [0.2, 0.25) is 0 Å². The molecule has 1 aliphatic rings. The van der Waals surface area contributed by atoms with Crippen molar-refractivity contribution >= 4 is 18.7 Å². The number of quaternary nitrogens is 1. The average molecular weight is 296 g/mol. The third-order valence-corrected chi connectivity index (χ3v) is 3.57. The first-order chi connectivity index (χ1) is 9.74. The summed E-state index contributed by atoms with van der Waals surface area (Å²) in [4.78, 5) is 14.2. The van der Waals surface area contributed by atoms with E-state index in [1.807, 2.05) is 20.8 Å². The van der Waals surface area contributed by atoms with Gasteiger partial charge < -0.3 is 14.8 Å². The lowest BCUT2D eigenvalue weighted by Gasteiger charge is -2.37. The molecule has 0 aliphatic carbocycles. The van der Waals surface area contributed by atoms with Crippen LogP contribution >= 0.6 is 0 Å². The second-order valence-electron chi connectivity index (χ2n) is 6.48. The van der Waals surface area contributed by atoms with Crippen molar-refractivity contribution in [3.8, 4) is 0 Å². The van der Waals surface area contributed by atoms with Crippen molar-refractivity contribution in [2.45, 2.75) is 45.6 Å². The molecule has 1 aromatic heterocycles. The summed E-state index contributed by atoms with van der Waals surface area (Å²) < 4.78 is 5.50. The number of carbonyl (C=O) groups excluding carboxylic acids is 1. The Balaban J connectivity index is 2.34. The highest BCUT2D eigenvalue weighted by Gasteiger charge is 2.45. The average Bonchev–Trinajstić information content (AvgIpc) is 2.87. The molecule has 1 saturated heterocycles. The highest BCUT2D eigenvalue weighted by Crippen LogP contribution is 2.21. The monoisotopic (exact) mass is 296 g/mol. The number of likely N-dealkylation sites (tertiary alicyclic amines) is 1. The van der Waals surface area contributed by atoms with Crippen LogP contribution in [0.25, 0.3) is 0 Å². The molecule has 0 radical (unpaired) electrons. The molecular weight excluding hydrogens is 273 g/mol. The van der Waals surface area contributed by atoms with Crippen LogP contribution in [0.4, 0.5) is 4.79 Å². The van der Waals surface area contributed by atoms with Gasteiger partial charge in [0.2, 0.25) is 0 Å². The van der Waals surface area contributed by atoms with Crippen LogP contribution in [-0.2, 0) is 4.74 Å². The molecule has 1 amide bonds. The van der Waals surface area contributed by atoms with Crippen LogP contribution in [0.1, 0.15) is 40.0 Å². The second kappa shape index (κ2) is 5.78. The normalized spacial score (nSPS) is 18.3. The predicted molar refractivity (Wildman–Crippen MR) is 79.4 cm³/mol. The lowest BCUT2D eigenvalue weighted by atomic mass is 9.83. The van der Waals surface area contributed by atoms with Crippen LogP contribution in [0.3, 0.4) is 0 Å². The van der Waals surface area contributed by atoms with Crippen molar-refractivity contribution in [2.75, 3.05) is 13.1 Å². The molecule has 0 spiro atoms. The van der Waals surface area contributed by atoms with Gasteiger partial charge in [0, 0.05) is 5.46 Å². The quantitative estimate of drug-likeness (QED) is 0.598. The van der Waals surface area contributed by atoms with Crippen molar-refractivity contribution in [1.82, 2.24) is 14.5 Å². The number of aromatic nitrogens is 2. The van der Waals surface area contributed by atoms with Crippen molar-refractivity contribution in [2.24, 2.45) is 0 Å². The van der Waals surface area contributed by atoms with E-state index in [1.165, 1.54) is 17.2 Å². The van der Waals surface area contributed by atoms with E-state index in [-0.39, 0.29) is 16.1 Å². The minimum Gasteiger partial charge on any atom is -0.423 e. The van der Waals surface area contributed by atoms with Gasteiger partial charge in [-0.05, 0) is 40.0 Å². The lowest BCUT2D eigenvalue weighted by molar-refractivity contribution is -0.0113. The highest BCUT2D eigenvalue weighted by atomic mass is 16.6. The van der Waals surface area contributed by atoms with Gasteiger partial charge in [0.25, 0.3) is 0 Å². The second-order valence-corrected chi connectivity index (χ2v) is 6.48. The van der Waals surface area contributed by atoms with Gasteiger partial charge >= 0.3 is 13.2 Å². The molecule has 21 heavy (non-hydrogen) atoms. The lowest BCUT2D eigenvalue weighted by Crippen LogP contribution is -2.66. The summed E-state index contributed by atoms with van der Waals surface area (Å²) in [5.74, 6) is 0. The van der Waals surface area contributed by atoms with Gasteiger partial charge in [0.1, 0.15) is 18.7 Å². The van der Waals surface area contributed by atoms with Gasteiger partial charge in [-0.2, -0.15) is 4.79 Å². The fourth-order valence-corrected chi connectivity index (χ4v) is 2.52. The Morgan fingerprint density at radius 2 is 1.95 bits per heavy atom. The van der Waals surface area contributed by atoms with Crippen LogP contribution in [0.5, 0.6) is 0 Å². The fourth-order valence-electron chi connectivity index (χ4n) is 2.52. The van der Waals surface area contributed by atoms with Gasteiger partial charge in [-0.3, -0.25) is 0 Å². The van der Waals surface area contributed by atoms with Crippen molar-refractivity contribution in [3.63, 3.8) is 0 Å². The number of hydrogen-bond donors (Lipinski definition) is 2. The minimum atomic E-state index is -1.60. The van der Waals surface area contributed by atoms with Crippen LogP contribution in [-0.4, -0.2) is 51.8 Å². The molecular formula is C13H23BN3O4+. The number of rotatable bonds is 2. The van der Waals surface area contributed by atoms with Crippen LogP contribution in [0.15, 0.2) is 12.4 Å². The van der Waals surface area contributed by atoms with E-state index >= 15 is 0 Å². The number of nitrogens with zero attached hydrogens (tertiary/aromatic N) is 3. The summed E-state index contributed by atoms with van der Waals surface area (Å²) in [5.41, 5.74) is -0.312. The number of carbonyl (C=O) groups is 1. The number of amides is 1. The molecule has 2 N–H and O–H groups in total. The zero-order valence-electron chi connectivity index (χ0n) is 12.8. The summed E-state index contributed by atoms with van der Waals surface area (Å²) in [6.07, 6.45) is 5.37. The van der Waals surface area contributed by atoms with E-state index in [0.717, 1.165) is 19.3 Å². The van der Waals surface area contributed by atoms with E-state index in [1.54, 1.807) is 0 Å². The topological polar surface area (TPSA) is 84.6 Å². The van der Waals surface area contributed by atoms with Crippen LogP contribution < -0.4 is 10.1 Å². The maximum atomic E-state index is 12.7. The number of piperidine rings is 1. The molecule has 1 aromatic rings. The fraction of sp³-hybridized carbons (Fsp3) is 0.692. The first-order valence-corrected chi connectivity index (χ1v) is 7.27. The Labute approximate surface area is 124 Å². The Hall–Kier alpha value is -1.38. The maximum Gasteiger partial charge on any atom is 0.543 e. The third-order valence-electron chi connectivity index (χ3n) is 3.57.